The molecule has 0 aromatic heterocycles. The number of hydrogen-bond acceptors (Lipinski definition) is 3. The molecule has 0 fully saturated rings. The number of rotatable bonds is 8. The van der Waals surface area contributed by atoms with E-state index in [0.717, 1.165) is 12.2 Å². The average molecular weight is 343 g/mol. The molecule has 0 bridgehead atoms. The van der Waals surface area contributed by atoms with Crippen LogP contribution in [0.3, 0.4) is 0 Å². The van der Waals surface area contributed by atoms with Gasteiger partial charge in [-0.1, -0.05) is 64.9 Å². The summed E-state index contributed by atoms with van der Waals surface area (Å²) < 4.78 is 10.9. The Kier molecular flexibility index (Phi) is 6.96. The molecule has 2 rings (SSSR count). The minimum Gasteiger partial charge on any atom is -0.467 e. The van der Waals surface area contributed by atoms with Gasteiger partial charge in [-0.05, 0) is 23.4 Å². The first-order valence-electron chi connectivity index (χ1n) is 8.15. The zero-order chi connectivity index (χ0) is 17.4. The van der Waals surface area contributed by atoms with Gasteiger partial charge in [0.25, 0.3) is 0 Å². The molecule has 0 aliphatic heterocycles. The fourth-order valence-corrected chi connectivity index (χ4v) is 4.26. The van der Waals surface area contributed by atoms with E-state index in [1.165, 1.54) is 16.4 Å². The summed E-state index contributed by atoms with van der Waals surface area (Å²) in [6.45, 7) is 4.80. The first-order valence-corrected chi connectivity index (χ1v) is 9.15. The third-order valence-corrected chi connectivity index (χ3v) is 6.06. The van der Waals surface area contributed by atoms with Gasteiger partial charge in [-0.3, -0.25) is 4.99 Å². The van der Waals surface area contributed by atoms with Crippen LogP contribution in [0.5, 0.6) is 5.75 Å². The zero-order valence-electron chi connectivity index (χ0n) is 14.9. The van der Waals surface area contributed by atoms with Crippen LogP contribution in [0.15, 0.2) is 53.5 Å². The minimum atomic E-state index is 0.00200. The molecule has 24 heavy (non-hydrogen) atoms. The second-order valence-corrected chi connectivity index (χ2v) is 7.72. The Bertz CT molecular complexity index is 687. The number of benzene rings is 2. The maximum atomic E-state index is 5.81. The van der Waals surface area contributed by atoms with E-state index in [1.54, 1.807) is 7.11 Å². The predicted octanol–water partition coefficient (Wildman–Crippen LogP) is 4.35. The van der Waals surface area contributed by atoms with Crippen LogP contribution in [0.4, 0.5) is 0 Å². The van der Waals surface area contributed by atoms with Gasteiger partial charge in [-0.2, -0.15) is 0 Å². The maximum Gasteiger partial charge on any atom is 0.188 e. The minimum absolute atomic E-state index is 0.00200. The molecule has 2 unspecified atom stereocenters. The molecule has 0 aliphatic rings. The van der Waals surface area contributed by atoms with E-state index in [1.807, 2.05) is 25.4 Å². The largest absolute Gasteiger partial charge is 0.467 e. The number of aliphatic imine (C=N–C) groups is 1. The maximum absolute atomic E-state index is 5.81. The van der Waals surface area contributed by atoms with Gasteiger partial charge in [0.05, 0.1) is 0 Å². The van der Waals surface area contributed by atoms with Crippen LogP contribution in [-0.4, -0.2) is 27.2 Å². The van der Waals surface area contributed by atoms with E-state index < -0.39 is 0 Å². The van der Waals surface area contributed by atoms with Crippen LogP contribution in [0, 0.1) is 0 Å². The smallest absolute Gasteiger partial charge is 0.188 e. The molecule has 2 aromatic rings. The highest BCUT2D eigenvalue weighted by atomic mass is 31.1. The lowest BCUT2D eigenvalue weighted by Gasteiger charge is -2.31. The molecule has 0 amide bonds. The first-order chi connectivity index (χ1) is 11.6. The molecule has 0 spiro atoms. The van der Waals surface area contributed by atoms with E-state index in [2.05, 4.69) is 55.2 Å². The number of ether oxygens (including phenoxy) is 2. The van der Waals surface area contributed by atoms with Gasteiger partial charge >= 0.3 is 0 Å². The normalized spacial score (nSPS) is 14.3. The summed E-state index contributed by atoms with van der Waals surface area (Å²) in [6.07, 6.45) is 2.96. The quantitative estimate of drug-likeness (QED) is 0.405. The van der Waals surface area contributed by atoms with E-state index in [0.29, 0.717) is 8.58 Å². The van der Waals surface area contributed by atoms with Crippen LogP contribution >= 0.6 is 8.58 Å². The van der Waals surface area contributed by atoms with Crippen molar-refractivity contribution >= 4 is 20.1 Å². The number of hydrogen-bond donors (Lipinski definition) is 0. The van der Waals surface area contributed by atoms with Gasteiger partial charge in [-0.15, -0.1) is 0 Å². The number of para-hydroxylation sites is 1. The predicted molar refractivity (Wildman–Crippen MR) is 104 cm³/mol. The van der Waals surface area contributed by atoms with Gasteiger partial charge in [-0.25, -0.2) is 0 Å². The molecule has 0 aliphatic carbocycles. The lowest BCUT2D eigenvalue weighted by Crippen LogP contribution is -2.21. The molecule has 0 saturated heterocycles. The summed E-state index contributed by atoms with van der Waals surface area (Å²) >= 11 is 0. The van der Waals surface area contributed by atoms with Crippen molar-refractivity contribution in [2.75, 3.05) is 21.0 Å². The number of nitrogens with zero attached hydrogens (tertiary/aromatic N) is 1. The van der Waals surface area contributed by atoms with E-state index in [-0.39, 0.29) is 11.9 Å². The fourth-order valence-electron chi connectivity index (χ4n) is 2.68. The molecule has 128 valence electrons. The second kappa shape index (κ2) is 8.96. The van der Waals surface area contributed by atoms with Gasteiger partial charge in [0.2, 0.25) is 0 Å². The molecule has 2 aromatic carbocycles. The highest BCUT2D eigenvalue weighted by molar-refractivity contribution is 7.48. The van der Waals surface area contributed by atoms with Crippen LogP contribution in [0.25, 0.3) is 0 Å². The Labute approximate surface area is 146 Å². The van der Waals surface area contributed by atoms with Crippen molar-refractivity contribution in [3.05, 3.63) is 59.7 Å². The highest BCUT2D eigenvalue weighted by Gasteiger charge is 2.29. The molecule has 0 heterocycles. The molecule has 3 nitrogen and oxygen atoms in total. The Morgan fingerprint density at radius 3 is 2.54 bits per heavy atom. The monoisotopic (exact) mass is 343 g/mol. The van der Waals surface area contributed by atoms with Crippen molar-refractivity contribution in [2.45, 2.75) is 25.4 Å². The van der Waals surface area contributed by atoms with E-state index >= 15 is 0 Å². The zero-order valence-corrected chi connectivity index (χ0v) is 15.9. The topological polar surface area (TPSA) is 30.8 Å². The molecule has 0 N–H and O–H groups in total. The standard InChI is InChI=1S/C20H26NO2P/c1-5-20(2,17-11-7-8-12-18(17)23-15-22-4)24-19-13-9-6-10-16(19)14-21-3/h6-14,24H,5,15H2,1-4H3. The van der Waals surface area contributed by atoms with Crippen molar-refractivity contribution in [2.24, 2.45) is 4.99 Å². The SMILES string of the molecule is CCC(C)(Pc1ccccc1C=NC)c1ccccc1OCOC. The van der Waals surface area contributed by atoms with Crippen molar-refractivity contribution < 1.29 is 9.47 Å². The summed E-state index contributed by atoms with van der Waals surface area (Å²) in [5.41, 5.74) is 2.42. The third kappa shape index (κ3) is 4.43. The third-order valence-electron chi connectivity index (χ3n) is 4.16. The summed E-state index contributed by atoms with van der Waals surface area (Å²) in [4.78, 5) is 4.19. The first kappa shape index (κ1) is 18.6. The van der Waals surface area contributed by atoms with Gasteiger partial charge in [0.1, 0.15) is 5.75 Å². The highest BCUT2D eigenvalue weighted by Crippen LogP contribution is 2.47. The lowest BCUT2D eigenvalue weighted by atomic mass is 9.96. The summed E-state index contributed by atoms with van der Waals surface area (Å²) in [7, 11) is 4.08. The van der Waals surface area contributed by atoms with Crippen molar-refractivity contribution in [3.8, 4) is 5.75 Å². The van der Waals surface area contributed by atoms with E-state index in [4.69, 9.17) is 9.47 Å². The summed E-state index contributed by atoms with van der Waals surface area (Å²) in [6, 6.07) is 16.7. The average Bonchev–Trinajstić information content (AvgIpc) is 2.62. The molecule has 0 saturated carbocycles. The van der Waals surface area contributed by atoms with E-state index in [9.17, 15) is 0 Å². The molecule has 4 heteroatoms. The second-order valence-electron chi connectivity index (χ2n) is 5.83. The summed E-state index contributed by atoms with van der Waals surface area (Å²) in [5.74, 6) is 0.901. The Balaban J connectivity index is 2.39. The van der Waals surface area contributed by atoms with Crippen LogP contribution in [0.2, 0.25) is 0 Å². The lowest BCUT2D eigenvalue weighted by molar-refractivity contribution is 0.0500. The molecule has 0 radical (unpaired) electrons. The molecule has 2 atom stereocenters. The van der Waals surface area contributed by atoms with Gasteiger partial charge < -0.3 is 9.47 Å². The van der Waals surface area contributed by atoms with Crippen molar-refractivity contribution in [1.82, 2.24) is 0 Å². The van der Waals surface area contributed by atoms with Crippen LogP contribution in [-0.2, 0) is 9.89 Å². The fraction of sp³-hybridized carbons (Fsp3) is 0.350. The molecular formula is C20H26NO2P. The Morgan fingerprint density at radius 2 is 1.83 bits per heavy atom. The van der Waals surface area contributed by atoms with Crippen LogP contribution in [0.1, 0.15) is 31.4 Å². The Morgan fingerprint density at radius 1 is 1.12 bits per heavy atom. The van der Waals surface area contributed by atoms with Gasteiger partial charge in [0.15, 0.2) is 6.79 Å². The summed E-state index contributed by atoms with van der Waals surface area (Å²) in [5, 5.41) is 1.33. The number of methoxy groups -OCH3 is 1. The molecular weight excluding hydrogens is 317 g/mol. The van der Waals surface area contributed by atoms with Crippen molar-refractivity contribution in [1.29, 1.82) is 0 Å². The Hall–Kier alpha value is -1.70. The van der Waals surface area contributed by atoms with Crippen LogP contribution < -0.4 is 10.0 Å². The van der Waals surface area contributed by atoms with Crippen molar-refractivity contribution in [3.63, 3.8) is 0 Å². The van der Waals surface area contributed by atoms with Gasteiger partial charge in [0, 0.05) is 31.1 Å².